The maximum absolute atomic E-state index is 12.1. The molecule has 1 saturated heterocycles. The van der Waals surface area contributed by atoms with Crippen molar-refractivity contribution in [2.24, 2.45) is 10.9 Å². The van der Waals surface area contributed by atoms with Gasteiger partial charge in [-0.1, -0.05) is 44.2 Å². The van der Waals surface area contributed by atoms with Gasteiger partial charge in [-0.05, 0) is 31.4 Å². The van der Waals surface area contributed by atoms with Crippen molar-refractivity contribution < 1.29 is 9.53 Å². The molecule has 0 N–H and O–H groups in total. The Balaban J connectivity index is 2.03. The van der Waals surface area contributed by atoms with E-state index < -0.39 is 6.09 Å². The molecule has 1 aliphatic rings. The van der Waals surface area contributed by atoms with Crippen molar-refractivity contribution >= 4 is 11.8 Å². The zero-order valence-corrected chi connectivity index (χ0v) is 13.1. The van der Waals surface area contributed by atoms with Crippen molar-refractivity contribution in [2.75, 3.05) is 20.1 Å². The number of nitrogens with zero attached hydrogens (tertiary/aromatic N) is 2. The monoisotopic (exact) mass is 288 g/mol. The number of aliphatic imine (C=N–C) groups is 1. The highest BCUT2D eigenvalue weighted by Gasteiger charge is 2.20. The molecule has 0 radical (unpaired) electrons. The minimum absolute atomic E-state index is 0.00151. The highest BCUT2D eigenvalue weighted by Crippen LogP contribution is 2.15. The third kappa shape index (κ3) is 4.67. The molecular weight excluding hydrogens is 264 g/mol. The first-order chi connectivity index (χ1) is 10.1. The Morgan fingerprint density at radius 2 is 1.86 bits per heavy atom. The molecule has 1 amide bonds. The molecule has 1 heterocycles. The maximum Gasteiger partial charge on any atom is 0.434 e. The van der Waals surface area contributed by atoms with Crippen LogP contribution in [-0.4, -0.2) is 42.9 Å². The molecule has 4 nitrogen and oxygen atoms in total. The van der Waals surface area contributed by atoms with Gasteiger partial charge in [-0.2, -0.15) is 4.99 Å². The molecule has 1 aliphatic heterocycles. The van der Waals surface area contributed by atoms with E-state index in [4.69, 9.17) is 4.74 Å². The second-order valence-corrected chi connectivity index (χ2v) is 5.90. The van der Waals surface area contributed by atoms with E-state index in [9.17, 15) is 4.79 Å². The molecule has 1 aromatic rings. The van der Waals surface area contributed by atoms with Crippen molar-refractivity contribution in [3.8, 4) is 0 Å². The number of carbonyl (C=O) groups excluding carboxylic acids is 1. The van der Waals surface area contributed by atoms with Gasteiger partial charge in [-0.25, -0.2) is 4.79 Å². The van der Waals surface area contributed by atoms with Crippen molar-refractivity contribution in [3.05, 3.63) is 35.9 Å². The minimum Gasteiger partial charge on any atom is -0.445 e. The Bertz CT molecular complexity index is 489. The maximum atomic E-state index is 12.1. The van der Waals surface area contributed by atoms with Crippen LogP contribution in [0.25, 0.3) is 0 Å². The molecule has 1 aromatic carbocycles. The fraction of sp³-hybridized carbons (Fsp3) is 0.529. The predicted octanol–water partition coefficient (Wildman–Crippen LogP) is 3.36. The van der Waals surface area contributed by atoms with E-state index in [0.29, 0.717) is 0 Å². The van der Waals surface area contributed by atoms with E-state index in [1.165, 1.54) is 0 Å². The smallest absolute Gasteiger partial charge is 0.434 e. The number of hydrogen-bond acceptors (Lipinski definition) is 3. The lowest BCUT2D eigenvalue weighted by Crippen LogP contribution is -2.35. The first kappa shape index (κ1) is 15.7. The number of ether oxygens (including phenoxy) is 1. The van der Waals surface area contributed by atoms with E-state index in [2.05, 4.69) is 16.9 Å². The van der Waals surface area contributed by atoms with Crippen LogP contribution in [-0.2, 0) is 4.74 Å². The lowest BCUT2D eigenvalue weighted by molar-refractivity contribution is 0.0635. The van der Waals surface area contributed by atoms with E-state index >= 15 is 0 Å². The van der Waals surface area contributed by atoms with Crippen LogP contribution in [0.15, 0.2) is 35.3 Å². The van der Waals surface area contributed by atoms with Gasteiger partial charge in [-0.3, -0.25) is 0 Å². The lowest BCUT2D eigenvalue weighted by Gasteiger charge is -2.28. The highest BCUT2D eigenvalue weighted by atomic mass is 16.6. The number of likely N-dealkylation sites (tertiary alicyclic amines) is 1. The summed E-state index contributed by atoms with van der Waals surface area (Å²) >= 11 is 0. The Kier molecular flexibility index (Phi) is 5.51. The summed E-state index contributed by atoms with van der Waals surface area (Å²) < 4.78 is 5.49. The lowest BCUT2D eigenvalue weighted by atomic mass is 10.0. The molecular formula is C17H24N2O2. The molecule has 0 bridgehead atoms. The van der Waals surface area contributed by atoms with Crippen molar-refractivity contribution in [1.82, 2.24) is 4.90 Å². The molecule has 0 saturated carbocycles. The van der Waals surface area contributed by atoms with Crippen LogP contribution in [0.4, 0.5) is 4.79 Å². The van der Waals surface area contributed by atoms with Gasteiger partial charge in [0, 0.05) is 13.1 Å². The van der Waals surface area contributed by atoms with Crippen molar-refractivity contribution in [3.63, 3.8) is 0 Å². The Morgan fingerprint density at radius 3 is 2.43 bits per heavy atom. The van der Waals surface area contributed by atoms with E-state index in [-0.39, 0.29) is 12.0 Å². The van der Waals surface area contributed by atoms with Crippen LogP contribution in [0.3, 0.4) is 0 Å². The summed E-state index contributed by atoms with van der Waals surface area (Å²) in [5, 5.41) is 0. The van der Waals surface area contributed by atoms with Gasteiger partial charge in [0.2, 0.25) is 0 Å². The van der Waals surface area contributed by atoms with Gasteiger partial charge >= 0.3 is 6.09 Å². The summed E-state index contributed by atoms with van der Waals surface area (Å²) in [5.41, 5.74) is 1.77. The summed E-state index contributed by atoms with van der Waals surface area (Å²) in [4.78, 5) is 18.5. The van der Waals surface area contributed by atoms with Crippen LogP contribution >= 0.6 is 0 Å². The summed E-state index contributed by atoms with van der Waals surface area (Å²) in [7, 11) is 2.09. The van der Waals surface area contributed by atoms with Crippen LogP contribution in [0.5, 0.6) is 0 Å². The van der Waals surface area contributed by atoms with Gasteiger partial charge in [0.25, 0.3) is 0 Å². The predicted molar refractivity (Wildman–Crippen MR) is 84.8 cm³/mol. The molecule has 114 valence electrons. The normalized spacial score (nSPS) is 18.0. The number of rotatable bonds is 3. The van der Waals surface area contributed by atoms with Crippen LogP contribution in [0, 0.1) is 5.92 Å². The number of amides is 1. The van der Waals surface area contributed by atoms with Crippen molar-refractivity contribution in [1.29, 1.82) is 0 Å². The molecule has 0 aliphatic carbocycles. The number of piperidine rings is 1. The van der Waals surface area contributed by atoms with E-state index in [1.54, 1.807) is 0 Å². The second-order valence-electron chi connectivity index (χ2n) is 5.90. The number of hydrogen-bond donors (Lipinski definition) is 0. The molecule has 2 rings (SSSR count). The first-order valence-electron chi connectivity index (χ1n) is 7.59. The summed E-state index contributed by atoms with van der Waals surface area (Å²) in [5.74, 6) is 0.178. The molecule has 1 fully saturated rings. The Hall–Kier alpha value is -1.68. The second kappa shape index (κ2) is 7.36. The average molecular weight is 288 g/mol. The van der Waals surface area contributed by atoms with Crippen LogP contribution in [0.2, 0.25) is 0 Å². The fourth-order valence-electron chi connectivity index (χ4n) is 2.51. The first-order valence-corrected chi connectivity index (χ1v) is 7.59. The Labute approximate surface area is 126 Å². The summed E-state index contributed by atoms with van der Waals surface area (Å²) in [6, 6.07) is 9.81. The fourth-order valence-corrected chi connectivity index (χ4v) is 2.51. The topological polar surface area (TPSA) is 41.9 Å². The molecule has 0 aromatic heterocycles. The highest BCUT2D eigenvalue weighted by molar-refractivity contribution is 6.06. The quantitative estimate of drug-likeness (QED) is 0.801. The minimum atomic E-state index is -0.461. The molecule has 0 unspecified atom stereocenters. The van der Waals surface area contributed by atoms with Gasteiger partial charge in [0.15, 0.2) is 0 Å². The van der Waals surface area contributed by atoms with Crippen LogP contribution in [0.1, 0.15) is 32.3 Å². The average Bonchev–Trinajstić information content (AvgIpc) is 2.48. The van der Waals surface area contributed by atoms with Gasteiger partial charge in [-0.15, -0.1) is 0 Å². The summed E-state index contributed by atoms with van der Waals surface area (Å²) in [6.45, 7) is 6.01. The molecule has 4 heteroatoms. The number of benzene rings is 1. The zero-order valence-electron chi connectivity index (χ0n) is 13.1. The summed E-state index contributed by atoms with van der Waals surface area (Å²) in [6.07, 6.45) is 1.32. The van der Waals surface area contributed by atoms with Gasteiger partial charge in [0.1, 0.15) is 6.10 Å². The molecule has 0 spiro atoms. The van der Waals surface area contributed by atoms with E-state index in [0.717, 1.165) is 37.2 Å². The SMILES string of the molecule is CC(C)/C(=N/C(=O)OC1CCN(C)CC1)c1ccccc1. The van der Waals surface area contributed by atoms with Crippen LogP contribution < -0.4 is 0 Å². The third-order valence-electron chi connectivity index (χ3n) is 3.76. The molecule has 21 heavy (non-hydrogen) atoms. The van der Waals surface area contributed by atoms with E-state index in [1.807, 2.05) is 44.2 Å². The largest absolute Gasteiger partial charge is 0.445 e. The van der Waals surface area contributed by atoms with Gasteiger partial charge in [0.05, 0.1) is 5.71 Å². The Morgan fingerprint density at radius 1 is 1.24 bits per heavy atom. The standard InChI is InChI=1S/C17H24N2O2/c1-13(2)16(14-7-5-4-6-8-14)18-17(20)21-15-9-11-19(3)12-10-15/h4-8,13,15H,9-12H2,1-3H3/b18-16-. The number of carbonyl (C=O) groups is 1. The zero-order chi connectivity index (χ0) is 15.2. The third-order valence-corrected chi connectivity index (χ3v) is 3.76. The van der Waals surface area contributed by atoms with Gasteiger partial charge < -0.3 is 9.64 Å². The molecule has 0 atom stereocenters. The van der Waals surface area contributed by atoms with Crippen molar-refractivity contribution in [2.45, 2.75) is 32.8 Å².